The summed E-state index contributed by atoms with van der Waals surface area (Å²) >= 11 is 3.43. The van der Waals surface area contributed by atoms with Gasteiger partial charge in [0.15, 0.2) is 0 Å². The van der Waals surface area contributed by atoms with E-state index < -0.39 is 0 Å². The molecule has 3 aromatic carbocycles. The number of amides is 2. The normalized spacial score (nSPS) is 11.5. The van der Waals surface area contributed by atoms with Gasteiger partial charge < -0.3 is 20.1 Å². The van der Waals surface area contributed by atoms with Crippen LogP contribution in [0.25, 0.3) is 0 Å². The average molecular weight is 469 g/mol. The maximum Gasteiger partial charge on any atom is 0.319 e. The number of ether oxygens (including phenoxy) is 2. The highest BCUT2D eigenvalue weighted by atomic mass is 79.9. The van der Waals surface area contributed by atoms with E-state index in [0.29, 0.717) is 25.5 Å². The summed E-state index contributed by atoms with van der Waals surface area (Å²) in [5.41, 5.74) is 2.89. The van der Waals surface area contributed by atoms with Crippen molar-refractivity contribution in [2.45, 2.75) is 19.6 Å². The first kappa shape index (κ1) is 21.9. The van der Waals surface area contributed by atoms with Crippen LogP contribution in [0.5, 0.6) is 5.75 Å². The minimum Gasteiger partial charge on any atom is -0.491 e. The van der Waals surface area contributed by atoms with Crippen molar-refractivity contribution in [3.63, 3.8) is 0 Å². The molecule has 0 spiro atoms. The molecule has 0 saturated heterocycles. The lowest BCUT2D eigenvalue weighted by atomic mass is 10.2. The third-order valence-electron chi connectivity index (χ3n) is 4.33. The third-order valence-corrected chi connectivity index (χ3v) is 5.02. The van der Waals surface area contributed by atoms with Crippen LogP contribution in [0.15, 0.2) is 83.3 Å². The molecule has 0 radical (unpaired) electrons. The van der Waals surface area contributed by atoms with E-state index in [0.717, 1.165) is 21.3 Å². The molecule has 0 fully saturated rings. The predicted molar refractivity (Wildman–Crippen MR) is 123 cm³/mol. The van der Waals surface area contributed by atoms with Gasteiger partial charge in [0.25, 0.3) is 0 Å². The molecule has 1 atom stereocenters. The van der Waals surface area contributed by atoms with E-state index in [-0.39, 0.29) is 12.1 Å². The molecule has 3 rings (SSSR count). The first-order valence-electron chi connectivity index (χ1n) is 9.73. The van der Waals surface area contributed by atoms with Gasteiger partial charge in [-0.05, 0) is 58.2 Å². The Hall–Kier alpha value is -2.83. The number of nitrogens with one attached hydrogen (secondary N) is 2. The van der Waals surface area contributed by atoms with Crippen LogP contribution < -0.4 is 15.4 Å². The van der Waals surface area contributed by atoms with Gasteiger partial charge in [0.1, 0.15) is 12.4 Å². The van der Waals surface area contributed by atoms with Crippen molar-refractivity contribution < 1.29 is 14.3 Å². The van der Waals surface area contributed by atoms with Gasteiger partial charge in [-0.25, -0.2) is 4.79 Å². The number of para-hydroxylation sites is 1. The van der Waals surface area contributed by atoms with Gasteiger partial charge in [-0.3, -0.25) is 0 Å². The first-order valence-corrected chi connectivity index (χ1v) is 10.5. The van der Waals surface area contributed by atoms with Crippen molar-refractivity contribution in [2.24, 2.45) is 0 Å². The molecular weight excluding hydrogens is 444 g/mol. The first-order chi connectivity index (χ1) is 14.6. The van der Waals surface area contributed by atoms with Gasteiger partial charge in [0.05, 0.1) is 24.9 Å². The number of carbonyl (C=O) groups is 1. The van der Waals surface area contributed by atoms with Crippen LogP contribution >= 0.6 is 15.9 Å². The molecule has 2 N–H and O–H groups in total. The van der Waals surface area contributed by atoms with E-state index in [9.17, 15) is 4.79 Å². The summed E-state index contributed by atoms with van der Waals surface area (Å²) in [4.78, 5) is 12.5. The molecule has 0 aliphatic carbocycles. The second-order valence-corrected chi connectivity index (χ2v) is 7.76. The maximum atomic E-state index is 12.5. The summed E-state index contributed by atoms with van der Waals surface area (Å²) in [6.07, 6.45) is 0. The lowest BCUT2D eigenvalue weighted by Crippen LogP contribution is -2.44. The number of anilines is 1. The zero-order chi connectivity index (χ0) is 21.2. The Morgan fingerprint density at radius 1 is 0.967 bits per heavy atom. The summed E-state index contributed by atoms with van der Waals surface area (Å²) in [6.45, 7) is 3.09. The molecule has 6 heteroatoms. The largest absolute Gasteiger partial charge is 0.491 e. The van der Waals surface area contributed by atoms with Crippen LogP contribution in [0.4, 0.5) is 10.5 Å². The van der Waals surface area contributed by atoms with Gasteiger partial charge in [-0.1, -0.05) is 54.6 Å². The summed E-state index contributed by atoms with van der Waals surface area (Å²) in [7, 11) is 0. The van der Waals surface area contributed by atoms with E-state index >= 15 is 0 Å². The van der Waals surface area contributed by atoms with Crippen LogP contribution in [0.2, 0.25) is 0 Å². The fraction of sp³-hybridized carbons (Fsp3) is 0.208. The van der Waals surface area contributed by atoms with Crippen LogP contribution in [0.1, 0.15) is 11.1 Å². The molecule has 156 valence electrons. The number of hydrogen-bond acceptors (Lipinski definition) is 3. The summed E-state index contributed by atoms with van der Waals surface area (Å²) < 4.78 is 12.5. The molecule has 3 aromatic rings. The monoisotopic (exact) mass is 468 g/mol. The highest BCUT2D eigenvalue weighted by Gasteiger charge is 2.15. The van der Waals surface area contributed by atoms with Gasteiger partial charge in [-0.2, -0.15) is 0 Å². The Morgan fingerprint density at radius 3 is 2.50 bits per heavy atom. The number of carbonyl (C=O) groups excluding carboxylic acids is 1. The summed E-state index contributed by atoms with van der Waals surface area (Å²) in [6, 6.07) is 24.6. The van der Waals surface area contributed by atoms with Crippen molar-refractivity contribution in [3.8, 4) is 5.75 Å². The fourth-order valence-electron chi connectivity index (χ4n) is 2.83. The smallest absolute Gasteiger partial charge is 0.319 e. The molecule has 0 aliphatic rings. The van der Waals surface area contributed by atoms with Crippen LogP contribution in [0.3, 0.4) is 0 Å². The zero-order valence-corrected chi connectivity index (χ0v) is 18.4. The van der Waals surface area contributed by atoms with Gasteiger partial charge in [-0.15, -0.1) is 0 Å². The Morgan fingerprint density at radius 2 is 1.73 bits per heavy atom. The van der Waals surface area contributed by atoms with E-state index in [2.05, 4.69) is 26.6 Å². The quantitative estimate of drug-likeness (QED) is 0.433. The highest BCUT2D eigenvalue weighted by molar-refractivity contribution is 9.10. The molecule has 2 amide bonds. The Kier molecular flexibility index (Phi) is 8.30. The molecule has 30 heavy (non-hydrogen) atoms. The van der Waals surface area contributed by atoms with Crippen LogP contribution in [0, 0.1) is 6.92 Å². The van der Waals surface area contributed by atoms with E-state index in [1.165, 1.54) is 0 Å². The SMILES string of the molecule is Cc1cccc(OCC(COCc2ccccc2)NC(=O)Nc2ccccc2Br)c1. The lowest BCUT2D eigenvalue weighted by Gasteiger charge is -2.20. The molecule has 1 unspecified atom stereocenters. The summed E-state index contributed by atoms with van der Waals surface area (Å²) in [5.74, 6) is 0.760. The Bertz CT molecular complexity index is 950. The third kappa shape index (κ3) is 7.21. The van der Waals surface area contributed by atoms with Gasteiger partial charge in [0.2, 0.25) is 0 Å². The minimum absolute atomic E-state index is 0.293. The zero-order valence-electron chi connectivity index (χ0n) is 16.8. The average Bonchev–Trinajstić information content (AvgIpc) is 2.74. The molecule has 0 aromatic heterocycles. The van der Waals surface area contributed by atoms with Crippen molar-refractivity contribution >= 4 is 27.6 Å². The highest BCUT2D eigenvalue weighted by Crippen LogP contribution is 2.21. The number of halogens is 1. The molecule has 0 heterocycles. The predicted octanol–water partition coefficient (Wildman–Crippen LogP) is 5.54. The van der Waals surface area contributed by atoms with Gasteiger partial charge >= 0.3 is 6.03 Å². The Labute approximate surface area is 185 Å². The number of aryl methyl sites for hydroxylation is 1. The van der Waals surface area contributed by atoms with Crippen molar-refractivity contribution in [2.75, 3.05) is 18.5 Å². The number of benzene rings is 3. The summed E-state index contributed by atoms with van der Waals surface area (Å²) in [5, 5.41) is 5.79. The second-order valence-electron chi connectivity index (χ2n) is 6.90. The lowest BCUT2D eigenvalue weighted by molar-refractivity contribution is 0.0855. The van der Waals surface area contributed by atoms with Crippen LogP contribution in [-0.2, 0) is 11.3 Å². The minimum atomic E-state index is -0.322. The fourth-order valence-corrected chi connectivity index (χ4v) is 3.22. The van der Waals surface area contributed by atoms with E-state index in [1.807, 2.05) is 85.8 Å². The number of urea groups is 1. The second kappa shape index (κ2) is 11.4. The molecule has 0 aliphatic heterocycles. The van der Waals surface area contributed by atoms with E-state index in [4.69, 9.17) is 9.47 Å². The molecule has 0 bridgehead atoms. The standard InChI is InChI=1S/C24H25BrN2O3/c1-18-8-7-11-21(14-18)30-17-20(16-29-15-19-9-3-2-4-10-19)26-24(28)27-23-13-6-5-12-22(23)25/h2-14,20H,15-17H2,1H3,(H2,26,27,28). The molecule has 5 nitrogen and oxygen atoms in total. The van der Waals surface area contributed by atoms with Crippen molar-refractivity contribution in [1.29, 1.82) is 0 Å². The molecular formula is C24H25BrN2O3. The van der Waals surface area contributed by atoms with Crippen molar-refractivity contribution in [1.82, 2.24) is 5.32 Å². The van der Waals surface area contributed by atoms with E-state index in [1.54, 1.807) is 0 Å². The maximum absolute atomic E-state index is 12.5. The van der Waals surface area contributed by atoms with Crippen molar-refractivity contribution in [3.05, 3.63) is 94.5 Å². The topological polar surface area (TPSA) is 59.6 Å². The van der Waals surface area contributed by atoms with Gasteiger partial charge in [0, 0.05) is 4.47 Å². The number of hydrogen-bond donors (Lipinski definition) is 2. The molecule has 0 saturated carbocycles. The number of rotatable bonds is 9. The van der Waals surface area contributed by atoms with Crippen LogP contribution in [-0.4, -0.2) is 25.3 Å². The Balaban J connectivity index is 1.58.